The minimum Gasteiger partial charge on any atom is -0.354 e. The van der Waals surface area contributed by atoms with E-state index in [0.29, 0.717) is 5.91 Å². The minimum atomic E-state index is 0.0793. The highest BCUT2D eigenvalue weighted by atomic mass is 32.2. The summed E-state index contributed by atoms with van der Waals surface area (Å²) in [6.07, 6.45) is 7.79. The van der Waals surface area contributed by atoms with Gasteiger partial charge in [0.25, 0.3) is 0 Å². The number of amides is 1. The van der Waals surface area contributed by atoms with E-state index in [9.17, 15) is 4.79 Å². The van der Waals surface area contributed by atoms with Crippen LogP contribution < -0.4 is 4.90 Å². The molecule has 6 heteroatoms. The van der Waals surface area contributed by atoms with Crippen molar-refractivity contribution in [2.24, 2.45) is 5.92 Å². The van der Waals surface area contributed by atoms with Gasteiger partial charge in [-0.2, -0.15) is 0 Å². The van der Waals surface area contributed by atoms with Crippen molar-refractivity contribution in [1.82, 2.24) is 14.9 Å². The molecule has 1 amide bonds. The molecule has 0 saturated carbocycles. The molecule has 0 radical (unpaired) electrons. The SMILES string of the molecule is Cc1cccc(Sc2nccnc2N2CCC[C@H](C(=O)N3CCCC3)C2)c1. The highest BCUT2D eigenvalue weighted by molar-refractivity contribution is 7.99. The Morgan fingerprint density at radius 1 is 1.11 bits per heavy atom. The maximum Gasteiger partial charge on any atom is 0.227 e. The van der Waals surface area contributed by atoms with E-state index < -0.39 is 0 Å². The summed E-state index contributed by atoms with van der Waals surface area (Å²) in [6, 6.07) is 8.44. The van der Waals surface area contributed by atoms with Gasteiger partial charge < -0.3 is 9.80 Å². The summed E-state index contributed by atoms with van der Waals surface area (Å²) in [5.74, 6) is 1.31. The predicted octanol–water partition coefficient (Wildman–Crippen LogP) is 3.78. The first kappa shape index (κ1) is 18.3. The average Bonchev–Trinajstić information content (AvgIpc) is 3.23. The van der Waals surface area contributed by atoms with Crippen LogP contribution >= 0.6 is 11.8 Å². The number of aryl methyl sites for hydroxylation is 1. The second-order valence-electron chi connectivity index (χ2n) is 7.42. The summed E-state index contributed by atoms with van der Waals surface area (Å²) >= 11 is 1.65. The van der Waals surface area contributed by atoms with Crippen molar-refractivity contribution in [3.8, 4) is 0 Å². The molecule has 2 fully saturated rings. The summed E-state index contributed by atoms with van der Waals surface area (Å²) in [5.41, 5.74) is 1.24. The van der Waals surface area contributed by atoms with E-state index in [-0.39, 0.29) is 5.92 Å². The molecule has 3 heterocycles. The van der Waals surface area contributed by atoms with Gasteiger partial charge in [0.15, 0.2) is 5.82 Å². The van der Waals surface area contributed by atoms with Crippen molar-refractivity contribution in [3.63, 3.8) is 0 Å². The zero-order chi connectivity index (χ0) is 18.6. The van der Waals surface area contributed by atoms with E-state index in [1.54, 1.807) is 24.2 Å². The number of nitrogens with zero attached hydrogens (tertiary/aromatic N) is 4. The maximum atomic E-state index is 12.8. The Bertz CT molecular complexity index is 806. The molecule has 142 valence electrons. The molecule has 4 rings (SSSR count). The molecule has 1 aromatic heterocycles. The number of likely N-dealkylation sites (tertiary alicyclic amines) is 1. The summed E-state index contributed by atoms with van der Waals surface area (Å²) in [4.78, 5) is 27.5. The zero-order valence-electron chi connectivity index (χ0n) is 15.8. The number of hydrogen-bond donors (Lipinski definition) is 0. The lowest BCUT2D eigenvalue weighted by molar-refractivity contribution is -0.134. The van der Waals surface area contributed by atoms with Gasteiger partial charge in [0, 0.05) is 43.5 Å². The third kappa shape index (κ3) is 4.26. The number of benzene rings is 1. The van der Waals surface area contributed by atoms with E-state index >= 15 is 0 Å². The second-order valence-corrected chi connectivity index (χ2v) is 8.48. The van der Waals surface area contributed by atoms with Crippen LogP contribution in [0.5, 0.6) is 0 Å². The van der Waals surface area contributed by atoms with Crippen molar-refractivity contribution >= 4 is 23.5 Å². The van der Waals surface area contributed by atoms with Crippen molar-refractivity contribution in [2.45, 2.75) is 42.5 Å². The van der Waals surface area contributed by atoms with E-state index in [4.69, 9.17) is 0 Å². The lowest BCUT2D eigenvalue weighted by atomic mass is 9.96. The van der Waals surface area contributed by atoms with Crippen molar-refractivity contribution in [2.75, 3.05) is 31.1 Å². The van der Waals surface area contributed by atoms with Gasteiger partial charge in [-0.1, -0.05) is 29.5 Å². The quantitative estimate of drug-likeness (QED) is 0.805. The molecular weight excluding hydrogens is 356 g/mol. The fourth-order valence-corrected chi connectivity index (χ4v) is 4.97. The molecule has 0 N–H and O–H groups in total. The van der Waals surface area contributed by atoms with Gasteiger partial charge in [-0.25, -0.2) is 9.97 Å². The molecule has 2 aliphatic rings. The molecule has 27 heavy (non-hydrogen) atoms. The van der Waals surface area contributed by atoms with Crippen molar-refractivity contribution in [3.05, 3.63) is 42.2 Å². The first-order valence-corrected chi connectivity index (χ1v) is 10.6. The lowest BCUT2D eigenvalue weighted by Crippen LogP contribution is -2.44. The molecule has 0 unspecified atom stereocenters. The van der Waals surface area contributed by atoms with Crippen LogP contribution in [-0.2, 0) is 4.79 Å². The van der Waals surface area contributed by atoms with Crippen LogP contribution in [0.15, 0.2) is 46.6 Å². The highest BCUT2D eigenvalue weighted by Gasteiger charge is 2.31. The molecular formula is C21H26N4OS. The average molecular weight is 383 g/mol. The Hall–Kier alpha value is -2.08. The monoisotopic (exact) mass is 382 g/mol. The maximum absolute atomic E-state index is 12.8. The summed E-state index contributed by atoms with van der Waals surface area (Å²) in [5, 5.41) is 0.914. The zero-order valence-corrected chi connectivity index (χ0v) is 16.6. The third-order valence-electron chi connectivity index (χ3n) is 5.34. The molecule has 2 aliphatic heterocycles. The van der Waals surface area contributed by atoms with Crippen LogP contribution in [0.25, 0.3) is 0 Å². The summed E-state index contributed by atoms with van der Waals surface area (Å²) in [7, 11) is 0. The van der Waals surface area contributed by atoms with E-state index in [0.717, 1.165) is 62.7 Å². The number of carbonyl (C=O) groups excluding carboxylic acids is 1. The first-order valence-electron chi connectivity index (χ1n) is 9.80. The number of aromatic nitrogens is 2. The largest absolute Gasteiger partial charge is 0.354 e. The van der Waals surface area contributed by atoms with Crippen molar-refractivity contribution in [1.29, 1.82) is 0 Å². The number of anilines is 1. The van der Waals surface area contributed by atoms with Gasteiger partial charge in [0.05, 0.1) is 5.92 Å². The normalized spacial score (nSPS) is 20.1. The molecule has 0 aliphatic carbocycles. The van der Waals surface area contributed by atoms with Crippen molar-refractivity contribution < 1.29 is 4.79 Å². The Balaban J connectivity index is 1.51. The highest BCUT2D eigenvalue weighted by Crippen LogP contribution is 2.34. The number of carbonyl (C=O) groups is 1. The van der Waals surface area contributed by atoms with Crippen LogP contribution in [-0.4, -0.2) is 47.0 Å². The molecule has 2 aromatic rings. The van der Waals surface area contributed by atoms with Crippen LogP contribution in [0.1, 0.15) is 31.2 Å². The number of hydrogen-bond acceptors (Lipinski definition) is 5. The van der Waals surface area contributed by atoms with Gasteiger partial charge >= 0.3 is 0 Å². The molecule has 1 aromatic carbocycles. The van der Waals surface area contributed by atoms with E-state index in [2.05, 4.69) is 46.1 Å². The first-order chi connectivity index (χ1) is 13.2. The van der Waals surface area contributed by atoms with Gasteiger partial charge in [0.1, 0.15) is 5.03 Å². The van der Waals surface area contributed by atoms with E-state index in [1.165, 1.54) is 10.5 Å². The van der Waals surface area contributed by atoms with Gasteiger partial charge in [0.2, 0.25) is 5.91 Å². The summed E-state index contributed by atoms with van der Waals surface area (Å²) in [6.45, 7) is 5.63. The Morgan fingerprint density at radius 2 is 1.93 bits per heavy atom. The summed E-state index contributed by atoms with van der Waals surface area (Å²) < 4.78 is 0. The fraction of sp³-hybridized carbons (Fsp3) is 0.476. The predicted molar refractivity (Wildman–Crippen MR) is 108 cm³/mol. The lowest BCUT2D eigenvalue weighted by Gasteiger charge is -2.35. The van der Waals surface area contributed by atoms with E-state index in [1.807, 2.05) is 4.90 Å². The Labute approximate surface area is 165 Å². The van der Waals surface area contributed by atoms with Gasteiger partial charge in [-0.3, -0.25) is 4.79 Å². The van der Waals surface area contributed by atoms with Gasteiger partial charge in [-0.05, 0) is 44.7 Å². The Kier molecular flexibility index (Phi) is 5.62. The standard InChI is InChI=1S/C21H26N4OS/c1-16-6-4-8-18(14-16)27-20-19(22-9-10-23-20)25-13-5-7-17(15-25)21(26)24-11-2-3-12-24/h4,6,8-10,14,17H,2-3,5,7,11-13,15H2,1H3/t17-/m0/s1. The molecule has 2 saturated heterocycles. The molecule has 5 nitrogen and oxygen atoms in total. The smallest absolute Gasteiger partial charge is 0.227 e. The topological polar surface area (TPSA) is 49.3 Å². The number of rotatable bonds is 4. The van der Waals surface area contributed by atoms with Crippen LogP contribution in [0.4, 0.5) is 5.82 Å². The van der Waals surface area contributed by atoms with Gasteiger partial charge in [-0.15, -0.1) is 0 Å². The second kappa shape index (κ2) is 8.30. The molecule has 0 bridgehead atoms. The molecule has 1 atom stereocenters. The molecule has 0 spiro atoms. The van der Waals surface area contributed by atoms with Crippen LogP contribution in [0.2, 0.25) is 0 Å². The van der Waals surface area contributed by atoms with Crippen LogP contribution in [0.3, 0.4) is 0 Å². The Morgan fingerprint density at radius 3 is 2.74 bits per heavy atom. The fourth-order valence-electron chi connectivity index (χ4n) is 3.96. The number of piperidine rings is 1. The van der Waals surface area contributed by atoms with Crippen LogP contribution in [0, 0.1) is 12.8 Å². The minimum absolute atomic E-state index is 0.0793. The third-order valence-corrected chi connectivity index (χ3v) is 6.31.